The predicted molar refractivity (Wildman–Crippen MR) is 209 cm³/mol. The van der Waals surface area contributed by atoms with Crippen LogP contribution in [0.2, 0.25) is 0 Å². The summed E-state index contributed by atoms with van der Waals surface area (Å²) in [6.07, 6.45) is -3.34. The molecule has 16 heteroatoms. The van der Waals surface area contributed by atoms with E-state index in [2.05, 4.69) is 0 Å². The second-order valence-corrected chi connectivity index (χ2v) is 16.2. The number of carbonyl (C=O) groups excluding carboxylic acids is 5. The molecule has 3 aliphatic rings. The number of cyclic esters (lactones) is 1. The third kappa shape index (κ3) is 13.7. The van der Waals surface area contributed by atoms with Crippen LogP contribution >= 0.6 is 0 Å². The molecule has 0 aromatic carbocycles. The number of nitrogens with zero attached hydrogens (tertiary/aromatic N) is 1. The van der Waals surface area contributed by atoms with E-state index in [1.807, 2.05) is 6.92 Å². The zero-order chi connectivity index (χ0) is 43.3. The largest absolute Gasteiger partial charge is 0.462 e. The highest BCUT2D eigenvalue weighted by atomic mass is 16.7. The Morgan fingerprint density at radius 1 is 0.983 bits per heavy atom. The number of aldehydes is 1. The van der Waals surface area contributed by atoms with Crippen molar-refractivity contribution in [1.82, 2.24) is 4.90 Å². The van der Waals surface area contributed by atoms with E-state index in [9.17, 15) is 34.2 Å². The molecule has 2 fully saturated rings. The molecular weight excluding hydrogens is 758 g/mol. The molecule has 0 saturated carbocycles. The lowest BCUT2D eigenvalue weighted by atomic mass is 9.83. The van der Waals surface area contributed by atoms with Gasteiger partial charge in [-0.3, -0.25) is 19.2 Å². The lowest BCUT2D eigenvalue weighted by Crippen LogP contribution is -2.66. The molecule has 16 nitrogen and oxygen atoms in total. The molecule has 0 aromatic rings. The van der Waals surface area contributed by atoms with E-state index in [1.54, 1.807) is 78.8 Å². The zero-order valence-electron chi connectivity index (χ0n) is 35.8. The Bertz CT molecular complexity index is 1420. The third-order valence-corrected chi connectivity index (χ3v) is 10.9. The fourth-order valence-electron chi connectivity index (χ4n) is 7.90. The van der Waals surface area contributed by atoms with Crippen molar-refractivity contribution in [2.45, 2.75) is 179 Å². The molecule has 2 saturated heterocycles. The molecule has 0 bridgehead atoms. The summed E-state index contributed by atoms with van der Waals surface area (Å²) in [6.45, 7) is 11.9. The van der Waals surface area contributed by atoms with E-state index in [-0.39, 0.29) is 37.9 Å². The number of ketones is 1. The Hall–Kier alpha value is -3.09. The normalized spacial score (nSPS) is 39.3. The molecule has 0 aliphatic carbocycles. The van der Waals surface area contributed by atoms with Gasteiger partial charge in [0, 0.05) is 45.1 Å². The van der Waals surface area contributed by atoms with Gasteiger partial charge < -0.3 is 57.8 Å². The molecule has 58 heavy (non-hydrogen) atoms. The van der Waals surface area contributed by atoms with Crippen LogP contribution in [0.5, 0.6) is 0 Å². The van der Waals surface area contributed by atoms with E-state index in [4.69, 9.17) is 37.9 Å². The summed E-state index contributed by atoms with van der Waals surface area (Å²) in [6, 6.07) is -0.793. The van der Waals surface area contributed by atoms with Crippen LogP contribution in [0.4, 0.5) is 0 Å². The van der Waals surface area contributed by atoms with Gasteiger partial charge in [0.2, 0.25) is 0 Å². The predicted octanol–water partition coefficient (Wildman–Crippen LogP) is 3.37. The van der Waals surface area contributed by atoms with Gasteiger partial charge >= 0.3 is 17.9 Å². The van der Waals surface area contributed by atoms with Crippen LogP contribution in [0.15, 0.2) is 24.3 Å². The van der Waals surface area contributed by atoms with Crippen molar-refractivity contribution in [2.24, 2.45) is 11.8 Å². The lowest BCUT2D eigenvalue weighted by Gasteiger charge is -2.50. The van der Waals surface area contributed by atoms with Crippen molar-refractivity contribution in [1.29, 1.82) is 0 Å². The summed E-state index contributed by atoms with van der Waals surface area (Å²) in [5, 5.41) is 23.5. The van der Waals surface area contributed by atoms with Gasteiger partial charge in [0.1, 0.15) is 42.4 Å². The van der Waals surface area contributed by atoms with Crippen LogP contribution in [-0.4, -0.2) is 145 Å². The minimum Gasteiger partial charge on any atom is -0.462 e. The maximum absolute atomic E-state index is 13.3. The standard InChI is InChI=1S/C42H67NO15/c1-11-16-32(47)56-40-27(6)53-34(23-42(40,7)50)57-37-26(5)54-41(36(49)35(37)43(8)9)58-38-28(19-20-44)21-24(3)29(45)18-15-13-14-17-25(4)52-33(48)22-30(39(38)51-10)55-31(46)12-2/h13-15,18,20,24-28,30,34-41,49-50H,11-12,16-17,19,21-23H2,1-10H3/b14-13+,18-15+/t24-,25-,26?,27?,28-,30-,34?,35?,36?,37?,38+,39+,40?,41?,42?/m0/s1. The molecule has 330 valence electrons. The van der Waals surface area contributed by atoms with Gasteiger partial charge in [-0.25, -0.2) is 0 Å². The van der Waals surface area contributed by atoms with Crippen LogP contribution in [-0.2, 0) is 61.9 Å². The lowest BCUT2D eigenvalue weighted by molar-refractivity contribution is -0.344. The Balaban J connectivity index is 2.00. The van der Waals surface area contributed by atoms with Gasteiger partial charge in [0.05, 0.1) is 30.8 Å². The maximum Gasteiger partial charge on any atom is 0.309 e. The summed E-state index contributed by atoms with van der Waals surface area (Å²) in [4.78, 5) is 65.7. The second kappa shape index (κ2) is 23.1. The molecule has 0 radical (unpaired) electrons. The minimum atomic E-state index is -1.50. The first-order chi connectivity index (χ1) is 27.4. The van der Waals surface area contributed by atoms with Gasteiger partial charge in [-0.15, -0.1) is 0 Å². The van der Waals surface area contributed by atoms with Gasteiger partial charge in [0.25, 0.3) is 0 Å². The van der Waals surface area contributed by atoms with E-state index in [0.29, 0.717) is 19.1 Å². The molecule has 0 spiro atoms. The summed E-state index contributed by atoms with van der Waals surface area (Å²) < 4.78 is 48.6. The third-order valence-electron chi connectivity index (χ3n) is 10.9. The number of esters is 3. The SMILES string of the molecule is CCCC(=O)OC1C(C)OC(OC2C(C)OC(O[C@@H]3[C@@H](CC=O)C[C@H](C)C(=O)/C=C/C=C/C[C@H](C)OC(=O)C[C@H](OC(=O)CC)[C@H]3OC)C(O)C2N(C)C)CC1(C)O. The summed E-state index contributed by atoms with van der Waals surface area (Å²) in [5.74, 6) is -3.28. The fourth-order valence-corrected chi connectivity index (χ4v) is 7.90. The Morgan fingerprint density at radius 3 is 2.29 bits per heavy atom. The quantitative estimate of drug-likeness (QED) is 0.155. The Labute approximate surface area is 342 Å². The van der Waals surface area contributed by atoms with Crippen LogP contribution < -0.4 is 0 Å². The van der Waals surface area contributed by atoms with Crippen molar-refractivity contribution >= 4 is 30.0 Å². The monoisotopic (exact) mass is 825 g/mol. The van der Waals surface area contributed by atoms with E-state index < -0.39 is 115 Å². The maximum atomic E-state index is 13.3. The van der Waals surface area contributed by atoms with Crippen molar-refractivity contribution < 1.29 is 72.1 Å². The van der Waals surface area contributed by atoms with E-state index in [0.717, 1.165) is 0 Å². The van der Waals surface area contributed by atoms with Crippen molar-refractivity contribution in [3.8, 4) is 0 Å². The zero-order valence-corrected chi connectivity index (χ0v) is 35.8. The number of carbonyl (C=O) groups is 5. The van der Waals surface area contributed by atoms with Crippen LogP contribution in [0, 0.1) is 11.8 Å². The highest BCUT2D eigenvalue weighted by Gasteiger charge is 2.53. The number of aliphatic hydroxyl groups is 2. The average molecular weight is 826 g/mol. The topological polar surface area (TPSA) is 203 Å². The number of rotatable bonds is 13. The highest BCUT2D eigenvalue weighted by molar-refractivity contribution is 5.91. The van der Waals surface area contributed by atoms with Gasteiger partial charge in [-0.05, 0) is 66.6 Å². The molecular formula is C42H67NO15. The first-order valence-electron chi connectivity index (χ1n) is 20.5. The number of likely N-dealkylation sites (N-methyl/N-ethyl adjacent to an activating group) is 1. The van der Waals surface area contributed by atoms with E-state index in [1.165, 1.54) is 13.2 Å². The van der Waals surface area contributed by atoms with Crippen molar-refractivity contribution in [3.05, 3.63) is 24.3 Å². The summed E-state index contributed by atoms with van der Waals surface area (Å²) >= 11 is 0. The number of ether oxygens (including phenoxy) is 8. The molecule has 3 aliphatic heterocycles. The number of hydrogen-bond donors (Lipinski definition) is 2. The molecule has 0 amide bonds. The smallest absolute Gasteiger partial charge is 0.309 e. The first-order valence-corrected chi connectivity index (χ1v) is 20.5. The molecule has 2 N–H and O–H groups in total. The Morgan fingerprint density at radius 2 is 1.69 bits per heavy atom. The average Bonchev–Trinajstić information content (AvgIpc) is 3.13. The van der Waals surface area contributed by atoms with Gasteiger partial charge in [-0.2, -0.15) is 0 Å². The number of allylic oxidation sites excluding steroid dienone is 3. The van der Waals surface area contributed by atoms with Gasteiger partial charge in [-0.1, -0.05) is 39.0 Å². The van der Waals surface area contributed by atoms with Crippen LogP contribution in [0.3, 0.4) is 0 Å². The highest BCUT2D eigenvalue weighted by Crippen LogP contribution is 2.37. The molecule has 0 aromatic heterocycles. The van der Waals surface area contributed by atoms with Gasteiger partial charge in [0.15, 0.2) is 24.5 Å². The fraction of sp³-hybridized carbons (Fsp3) is 0.786. The summed E-state index contributed by atoms with van der Waals surface area (Å²) in [5.41, 5.74) is -1.50. The number of methoxy groups -OCH3 is 1. The van der Waals surface area contributed by atoms with Crippen molar-refractivity contribution in [3.63, 3.8) is 0 Å². The van der Waals surface area contributed by atoms with Crippen molar-refractivity contribution in [2.75, 3.05) is 21.2 Å². The van der Waals surface area contributed by atoms with E-state index >= 15 is 0 Å². The number of aliphatic hydroxyl groups excluding tert-OH is 1. The molecule has 3 rings (SSSR count). The van der Waals surface area contributed by atoms with Crippen LogP contribution in [0.1, 0.15) is 99.8 Å². The molecule has 9 unspecified atom stereocenters. The molecule has 3 heterocycles. The minimum absolute atomic E-state index is 0.0121. The first kappa shape index (κ1) is 49.3. The molecule has 15 atom stereocenters. The van der Waals surface area contributed by atoms with Crippen LogP contribution in [0.25, 0.3) is 0 Å². The Kier molecular flexibility index (Phi) is 19.6. The summed E-state index contributed by atoms with van der Waals surface area (Å²) in [7, 11) is 4.83. The number of hydrogen-bond acceptors (Lipinski definition) is 16. The second-order valence-electron chi connectivity index (χ2n) is 16.2.